The lowest BCUT2D eigenvalue weighted by molar-refractivity contribution is -0.124. The smallest absolute Gasteiger partial charge is 0.267 e. The van der Waals surface area contributed by atoms with E-state index in [1.165, 1.54) is 6.08 Å². The van der Waals surface area contributed by atoms with E-state index in [1.807, 2.05) is 48.5 Å². The van der Waals surface area contributed by atoms with Crippen LogP contribution in [-0.2, 0) is 22.4 Å². The van der Waals surface area contributed by atoms with Crippen LogP contribution in [0.3, 0.4) is 0 Å². The van der Waals surface area contributed by atoms with Crippen LogP contribution < -0.4 is 10.8 Å². The zero-order valence-corrected chi connectivity index (χ0v) is 13.7. The standard InChI is InChI=1S/C20H20N2O3/c23-18(13-14-4-2-1-3-5-14)20-17-12-15(7-9-19(24)22-25)6-8-16(17)10-11-21-20/h1-9,12,20-21,25H,10-11,13H2,(H,22,24)/b9-7+. The second kappa shape index (κ2) is 7.88. The van der Waals surface area contributed by atoms with Crippen LogP contribution in [0.2, 0.25) is 0 Å². The summed E-state index contributed by atoms with van der Waals surface area (Å²) in [6.45, 7) is 0.764. The number of ketones is 1. The summed E-state index contributed by atoms with van der Waals surface area (Å²) < 4.78 is 0. The number of fused-ring (bicyclic) bond motifs is 1. The highest BCUT2D eigenvalue weighted by atomic mass is 16.5. The van der Waals surface area contributed by atoms with E-state index in [0.717, 1.165) is 35.2 Å². The number of benzene rings is 2. The molecule has 1 aliphatic rings. The lowest BCUT2D eigenvalue weighted by atomic mass is 9.88. The second-order valence-corrected chi connectivity index (χ2v) is 6.03. The number of nitrogens with one attached hydrogen (secondary N) is 2. The van der Waals surface area contributed by atoms with Gasteiger partial charge in [0.1, 0.15) is 0 Å². The van der Waals surface area contributed by atoms with Crippen molar-refractivity contribution in [3.05, 3.63) is 76.9 Å². The minimum Gasteiger partial charge on any atom is -0.303 e. The van der Waals surface area contributed by atoms with Crippen LogP contribution >= 0.6 is 0 Å². The summed E-state index contributed by atoms with van der Waals surface area (Å²) in [5, 5.41) is 11.9. The molecule has 1 atom stereocenters. The number of hydrogen-bond acceptors (Lipinski definition) is 4. The summed E-state index contributed by atoms with van der Waals surface area (Å²) in [6, 6.07) is 15.2. The first-order valence-electron chi connectivity index (χ1n) is 8.22. The highest BCUT2D eigenvalue weighted by Crippen LogP contribution is 2.26. The van der Waals surface area contributed by atoms with E-state index in [4.69, 9.17) is 5.21 Å². The first-order chi connectivity index (χ1) is 12.2. The van der Waals surface area contributed by atoms with Gasteiger partial charge in [0.05, 0.1) is 6.04 Å². The quantitative estimate of drug-likeness (QED) is 0.444. The van der Waals surface area contributed by atoms with E-state index in [-0.39, 0.29) is 11.8 Å². The average molecular weight is 336 g/mol. The summed E-state index contributed by atoms with van der Waals surface area (Å²) in [5.74, 6) is -0.464. The highest BCUT2D eigenvalue weighted by Gasteiger charge is 2.26. The van der Waals surface area contributed by atoms with Gasteiger partial charge in [0.15, 0.2) is 5.78 Å². The number of carbonyl (C=O) groups excluding carboxylic acids is 2. The number of carbonyl (C=O) groups is 2. The highest BCUT2D eigenvalue weighted by molar-refractivity contribution is 5.91. The molecule has 2 aromatic carbocycles. The summed E-state index contributed by atoms with van der Waals surface area (Å²) in [6.07, 6.45) is 4.11. The van der Waals surface area contributed by atoms with Crippen molar-refractivity contribution in [2.75, 3.05) is 6.54 Å². The summed E-state index contributed by atoms with van der Waals surface area (Å²) in [7, 11) is 0. The molecular formula is C20H20N2O3. The Hall–Kier alpha value is -2.76. The van der Waals surface area contributed by atoms with Crippen LogP contribution in [0, 0.1) is 0 Å². The third-order valence-corrected chi connectivity index (χ3v) is 4.30. The topological polar surface area (TPSA) is 78.4 Å². The van der Waals surface area contributed by atoms with E-state index < -0.39 is 5.91 Å². The molecule has 0 fully saturated rings. The second-order valence-electron chi connectivity index (χ2n) is 6.03. The van der Waals surface area contributed by atoms with Gasteiger partial charge in [-0.3, -0.25) is 14.8 Å². The lowest BCUT2D eigenvalue weighted by Crippen LogP contribution is -2.36. The minimum absolute atomic E-state index is 0.126. The van der Waals surface area contributed by atoms with E-state index in [9.17, 15) is 9.59 Å². The van der Waals surface area contributed by atoms with Gasteiger partial charge in [-0.15, -0.1) is 0 Å². The molecule has 3 N–H and O–H groups in total. The van der Waals surface area contributed by atoms with Crippen LogP contribution in [0.5, 0.6) is 0 Å². The number of hydroxylamine groups is 1. The molecule has 1 heterocycles. The monoisotopic (exact) mass is 336 g/mol. The van der Waals surface area contributed by atoms with Crippen molar-refractivity contribution < 1.29 is 14.8 Å². The van der Waals surface area contributed by atoms with Gasteiger partial charge < -0.3 is 5.32 Å². The molecule has 3 rings (SSSR count). The molecule has 0 aliphatic carbocycles. The Morgan fingerprint density at radius 1 is 1.20 bits per heavy atom. The fourth-order valence-electron chi connectivity index (χ4n) is 3.07. The molecule has 1 aliphatic heterocycles. The Bertz CT molecular complexity index is 800. The Morgan fingerprint density at radius 3 is 2.76 bits per heavy atom. The van der Waals surface area contributed by atoms with Gasteiger partial charge in [0, 0.05) is 19.0 Å². The summed E-state index contributed by atoms with van der Waals surface area (Å²) >= 11 is 0. The molecule has 2 aromatic rings. The maximum Gasteiger partial charge on any atom is 0.267 e. The van der Waals surface area contributed by atoms with Crippen LogP contribution in [0.25, 0.3) is 6.08 Å². The molecule has 128 valence electrons. The number of rotatable bonds is 5. The van der Waals surface area contributed by atoms with Crippen LogP contribution in [0.15, 0.2) is 54.6 Å². The van der Waals surface area contributed by atoms with Gasteiger partial charge in [-0.2, -0.15) is 0 Å². The van der Waals surface area contributed by atoms with Crippen molar-refractivity contribution in [2.45, 2.75) is 18.9 Å². The Kier molecular flexibility index (Phi) is 5.38. The Balaban J connectivity index is 1.83. The molecule has 1 unspecified atom stereocenters. The van der Waals surface area contributed by atoms with E-state index in [0.29, 0.717) is 6.42 Å². The van der Waals surface area contributed by atoms with Crippen LogP contribution in [-0.4, -0.2) is 23.4 Å². The van der Waals surface area contributed by atoms with Crippen LogP contribution in [0.4, 0.5) is 0 Å². The van der Waals surface area contributed by atoms with Gasteiger partial charge in [0.25, 0.3) is 5.91 Å². The van der Waals surface area contributed by atoms with Crippen molar-refractivity contribution in [1.82, 2.24) is 10.8 Å². The molecular weight excluding hydrogens is 316 g/mol. The van der Waals surface area contributed by atoms with E-state index in [2.05, 4.69) is 5.32 Å². The molecule has 0 saturated heterocycles. The summed E-state index contributed by atoms with van der Waals surface area (Å²) in [4.78, 5) is 23.9. The lowest BCUT2D eigenvalue weighted by Gasteiger charge is -2.26. The first kappa shape index (κ1) is 17.1. The zero-order valence-electron chi connectivity index (χ0n) is 13.7. The molecule has 1 amide bonds. The number of Topliss-reactive ketones (excluding diaryl/α,β-unsaturated/α-hetero) is 1. The van der Waals surface area contributed by atoms with Crippen LogP contribution in [0.1, 0.15) is 28.3 Å². The number of amides is 1. The van der Waals surface area contributed by atoms with Gasteiger partial charge in [0.2, 0.25) is 0 Å². The van der Waals surface area contributed by atoms with Gasteiger partial charge in [-0.05, 0) is 40.8 Å². The molecule has 0 spiro atoms. The normalized spacial score (nSPS) is 16.4. The molecule has 5 heteroatoms. The van der Waals surface area contributed by atoms with Gasteiger partial charge in [-0.25, -0.2) is 5.48 Å². The average Bonchev–Trinajstić information content (AvgIpc) is 2.66. The third kappa shape index (κ3) is 4.21. The maximum atomic E-state index is 12.8. The Labute approximate surface area is 146 Å². The number of hydrogen-bond donors (Lipinski definition) is 3. The largest absolute Gasteiger partial charge is 0.303 e. The SMILES string of the molecule is O=C(/C=C/c1ccc2c(c1)C(C(=O)Cc1ccccc1)NCC2)NO. The predicted octanol–water partition coefficient (Wildman–Crippen LogP) is 2.20. The minimum atomic E-state index is -0.590. The van der Waals surface area contributed by atoms with Crippen molar-refractivity contribution in [2.24, 2.45) is 0 Å². The third-order valence-electron chi connectivity index (χ3n) is 4.30. The van der Waals surface area contributed by atoms with E-state index >= 15 is 0 Å². The fourth-order valence-corrected chi connectivity index (χ4v) is 3.07. The van der Waals surface area contributed by atoms with Gasteiger partial charge >= 0.3 is 0 Å². The molecule has 25 heavy (non-hydrogen) atoms. The van der Waals surface area contributed by atoms with Crippen molar-refractivity contribution in [3.8, 4) is 0 Å². The fraction of sp³-hybridized carbons (Fsp3) is 0.200. The Morgan fingerprint density at radius 2 is 2.00 bits per heavy atom. The zero-order chi connectivity index (χ0) is 17.6. The molecule has 0 radical (unpaired) electrons. The van der Waals surface area contributed by atoms with Crippen molar-refractivity contribution >= 4 is 17.8 Å². The maximum absolute atomic E-state index is 12.8. The molecule has 0 aromatic heterocycles. The van der Waals surface area contributed by atoms with Crippen molar-refractivity contribution in [3.63, 3.8) is 0 Å². The summed E-state index contributed by atoms with van der Waals surface area (Å²) in [5.41, 5.74) is 5.47. The van der Waals surface area contributed by atoms with Crippen molar-refractivity contribution in [1.29, 1.82) is 0 Å². The predicted molar refractivity (Wildman–Crippen MR) is 95.0 cm³/mol. The molecule has 0 saturated carbocycles. The van der Waals surface area contributed by atoms with E-state index in [1.54, 1.807) is 11.6 Å². The molecule has 5 nitrogen and oxygen atoms in total. The van der Waals surface area contributed by atoms with Gasteiger partial charge in [-0.1, -0.05) is 42.5 Å². The molecule has 0 bridgehead atoms. The first-order valence-corrected chi connectivity index (χ1v) is 8.22.